The van der Waals surface area contributed by atoms with Crippen molar-refractivity contribution in [2.45, 2.75) is 13.8 Å². The number of H-pyrrole nitrogens is 1. The maximum atomic E-state index is 10.9. The number of aromatic amines is 1. The van der Waals surface area contributed by atoms with E-state index in [1.54, 1.807) is 12.3 Å². The second-order valence-electron chi connectivity index (χ2n) is 3.24. The quantitative estimate of drug-likeness (QED) is 0.774. The van der Waals surface area contributed by atoms with Gasteiger partial charge in [-0.05, 0) is 6.07 Å². The minimum absolute atomic E-state index is 0.0556. The molecule has 0 saturated carbocycles. The summed E-state index contributed by atoms with van der Waals surface area (Å²) in [5, 5.41) is 0.538. The van der Waals surface area contributed by atoms with Gasteiger partial charge in [-0.25, -0.2) is 0 Å². The van der Waals surface area contributed by atoms with Crippen LogP contribution >= 0.6 is 0 Å². The van der Waals surface area contributed by atoms with Crippen LogP contribution in [0.2, 0.25) is 0 Å². The number of carbonyl (C=O) groups excluding carboxylic acids is 2. The second-order valence-corrected chi connectivity index (χ2v) is 3.24. The van der Waals surface area contributed by atoms with E-state index in [0.29, 0.717) is 11.0 Å². The van der Waals surface area contributed by atoms with Crippen molar-refractivity contribution < 1.29 is 19.1 Å². The number of carbonyl (C=O) groups is 2. The number of aromatic nitrogens is 3. The van der Waals surface area contributed by atoms with E-state index in [9.17, 15) is 9.59 Å². The molecule has 0 radical (unpaired) electrons. The van der Waals surface area contributed by atoms with Gasteiger partial charge in [0.15, 0.2) is 0 Å². The van der Waals surface area contributed by atoms with Crippen LogP contribution in [0.25, 0.3) is 11.0 Å². The topological polar surface area (TPSA) is 94.2 Å². The van der Waals surface area contributed by atoms with E-state index in [4.69, 9.17) is 9.47 Å². The maximum absolute atomic E-state index is 10.9. The van der Waals surface area contributed by atoms with Gasteiger partial charge in [0.05, 0.1) is 5.39 Å². The lowest BCUT2D eigenvalue weighted by molar-refractivity contribution is -0.132. The number of nitrogens with one attached hydrogen (secondary N) is 1. The Bertz CT molecular complexity index is 590. The fourth-order valence-corrected chi connectivity index (χ4v) is 1.28. The van der Waals surface area contributed by atoms with Gasteiger partial charge >= 0.3 is 17.9 Å². The number of hydrogen-bond acceptors (Lipinski definition) is 6. The predicted octanol–water partition coefficient (Wildman–Crippen LogP) is 0.808. The molecule has 0 aromatic carbocycles. The van der Waals surface area contributed by atoms with E-state index in [-0.39, 0.29) is 11.9 Å². The molecule has 2 heterocycles. The molecule has 1 N–H and O–H groups in total. The molecule has 0 spiro atoms. The molecular formula is C10H9N3O4. The normalized spacial score (nSPS) is 10.2. The van der Waals surface area contributed by atoms with E-state index in [1.807, 2.05) is 0 Å². The zero-order valence-corrected chi connectivity index (χ0v) is 9.18. The van der Waals surface area contributed by atoms with Crippen molar-refractivity contribution in [3.63, 3.8) is 0 Å². The zero-order valence-electron chi connectivity index (χ0n) is 9.18. The largest absolute Gasteiger partial charge is 0.407 e. The van der Waals surface area contributed by atoms with Gasteiger partial charge < -0.3 is 14.5 Å². The molecule has 0 amide bonds. The number of esters is 2. The van der Waals surface area contributed by atoms with Gasteiger partial charge in [-0.3, -0.25) is 9.59 Å². The molecule has 0 aliphatic carbocycles. The third kappa shape index (κ3) is 2.39. The van der Waals surface area contributed by atoms with Gasteiger partial charge in [-0.15, -0.1) is 0 Å². The molecule has 17 heavy (non-hydrogen) atoms. The van der Waals surface area contributed by atoms with Crippen molar-refractivity contribution in [1.82, 2.24) is 15.0 Å². The van der Waals surface area contributed by atoms with Crippen molar-refractivity contribution in [1.29, 1.82) is 0 Å². The van der Waals surface area contributed by atoms with Crippen LogP contribution in [0.1, 0.15) is 13.8 Å². The Morgan fingerprint density at radius 1 is 1.18 bits per heavy atom. The van der Waals surface area contributed by atoms with Crippen molar-refractivity contribution in [3.05, 3.63) is 12.3 Å². The van der Waals surface area contributed by atoms with Crippen molar-refractivity contribution >= 4 is 23.0 Å². The van der Waals surface area contributed by atoms with E-state index >= 15 is 0 Å². The van der Waals surface area contributed by atoms with Crippen LogP contribution in [0.4, 0.5) is 0 Å². The van der Waals surface area contributed by atoms with Crippen LogP contribution in [-0.2, 0) is 9.59 Å². The fourth-order valence-electron chi connectivity index (χ4n) is 1.28. The van der Waals surface area contributed by atoms with Gasteiger partial charge in [0.2, 0.25) is 5.88 Å². The number of fused-ring (bicyclic) bond motifs is 1. The predicted molar refractivity (Wildman–Crippen MR) is 56.5 cm³/mol. The van der Waals surface area contributed by atoms with Crippen LogP contribution in [0, 0.1) is 0 Å². The van der Waals surface area contributed by atoms with Crippen molar-refractivity contribution in [2.75, 3.05) is 0 Å². The van der Waals surface area contributed by atoms with Crippen LogP contribution in [-0.4, -0.2) is 26.9 Å². The van der Waals surface area contributed by atoms with E-state index < -0.39 is 11.9 Å². The molecule has 0 unspecified atom stereocenters. The minimum Gasteiger partial charge on any atom is -0.407 e. The maximum Gasteiger partial charge on any atom is 0.329 e. The molecule has 0 aliphatic rings. The number of ether oxygens (including phenoxy) is 2. The smallest absolute Gasteiger partial charge is 0.329 e. The number of nitrogens with zero attached hydrogens (tertiary/aromatic N) is 2. The first kappa shape index (κ1) is 11.1. The molecule has 7 heteroatoms. The summed E-state index contributed by atoms with van der Waals surface area (Å²) in [7, 11) is 0. The first-order chi connectivity index (χ1) is 8.06. The third-order valence-corrected chi connectivity index (χ3v) is 1.84. The highest BCUT2D eigenvalue weighted by atomic mass is 16.6. The highest BCUT2D eigenvalue weighted by Gasteiger charge is 2.13. The highest BCUT2D eigenvalue weighted by Crippen LogP contribution is 2.24. The lowest BCUT2D eigenvalue weighted by atomic mass is 10.4. The van der Waals surface area contributed by atoms with Crippen LogP contribution in [0.3, 0.4) is 0 Å². The second kappa shape index (κ2) is 4.20. The Kier molecular flexibility index (Phi) is 2.73. The average molecular weight is 235 g/mol. The van der Waals surface area contributed by atoms with Crippen molar-refractivity contribution in [3.8, 4) is 11.9 Å². The molecule has 88 valence electrons. The van der Waals surface area contributed by atoms with Gasteiger partial charge in [0.25, 0.3) is 0 Å². The Balaban J connectivity index is 2.50. The molecule has 7 nitrogen and oxygen atoms in total. The standard InChI is InChI=1S/C10H9N3O4/c1-5(14)16-9-7-3-4-11-8(7)12-10(13-9)17-6(2)15/h3-4H,1-2H3,(H,11,12,13). The number of rotatable bonds is 2. The first-order valence-electron chi connectivity index (χ1n) is 4.78. The van der Waals surface area contributed by atoms with Crippen LogP contribution in [0.5, 0.6) is 11.9 Å². The summed E-state index contributed by atoms with van der Waals surface area (Å²) in [6.07, 6.45) is 1.61. The molecule has 0 fully saturated rings. The summed E-state index contributed by atoms with van der Waals surface area (Å²) < 4.78 is 9.65. The Morgan fingerprint density at radius 3 is 2.53 bits per heavy atom. The monoisotopic (exact) mass is 235 g/mol. The third-order valence-electron chi connectivity index (χ3n) is 1.84. The lowest BCUT2D eigenvalue weighted by Crippen LogP contribution is -2.08. The Hall–Kier alpha value is -2.44. The summed E-state index contributed by atoms with van der Waals surface area (Å²) in [5.41, 5.74) is 0.424. The Labute approximate surface area is 95.8 Å². The SMILES string of the molecule is CC(=O)Oc1nc(OC(C)=O)c2cc[nH]c2n1. The molecule has 2 aromatic rings. The summed E-state index contributed by atoms with van der Waals surface area (Å²) in [5.74, 6) is -1.01. The van der Waals surface area contributed by atoms with E-state index in [0.717, 1.165) is 0 Å². The van der Waals surface area contributed by atoms with Crippen LogP contribution in [0.15, 0.2) is 12.3 Å². The molecule has 0 bridgehead atoms. The summed E-state index contributed by atoms with van der Waals surface area (Å²) >= 11 is 0. The molecule has 0 aliphatic heterocycles. The molecule has 0 atom stereocenters. The summed E-state index contributed by atoms with van der Waals surface area (Å²) in [4.78, 5) is 32.3. The van der Waals surface area contributed by atoms with Gasteiger partial charge in [0.1, 0.15) is 5.65 Å². The molecule has 0 saturated heterocycles. The van der Waals surface area contributed by atoms with Crippen LogP contribution < -0.4 is 9.47 Å². The lowest BCUT2D eigenvalue weighted by Gasteiger charge is -2.04. The number of hydrogen-bond donors (Lipinski definition) is 1. The van der Waals surface area contributed by atoms with Gasteiger partial charge in [-0.1, -0.05) is 0 Å². The zero-order chi connectivity index (χ0) is 12.4. The summed E-state index contributed by atoms with van der Waals surface area (Å²) in [6, 6.07) is 1.49. The van der Waals surface area contributed by atoms with Gasteiger partial charge in [0, 0.05) is 20.0 Å². The summed E-state index contributed by atoms with van der Waals surface area (Å²) in [6.45, 7) is 2.49. The minimum atomic E-state index is -0.551. The first-order valence-corrected chi connectivity index (χ1v) is 4.78. The fraction of sp³-hybridized carbons (Fsp3) is 0.200. The molecule has 2 rings (SSSR count). The van der Waals surface area contributed by atoms with E-state index in [1.165, 1.54) is 13.8 Å². The highest BCUT2D eigenvalue weighted by molar-refractivity contribution is 5.84. The average Bonchev–Trinajstić information content (AvgIpc) is 2.63. The van der Waals surface area contributed by atoms with E-state index in [2.05, 4.69) is 15.0 Å². The van der Waals surface area contributed by atoms with Crippen molar-refractivity contribution in [2.24, 2.45) is 0 Å². The van der Waals surface area contributed by atoms with Gasteiger partial charge in [-0.2, -0.15) is 9.97 Å². The Morgan fingerprint density at radius 2 is 1.88 bits per heavy atom. The molecular weight excluding hydrogens is 226 g/mol. The molecule has 2 aromatic heterocycles.